The van der Waals surface area contributed by atoms with Crippen LogP contribution in [0.1, 0.15) is 26.3 Å². The highest BCUT2D eigenvalue weighted by Crippen LogP contribution is 2.30. The SMILES string of the molecule is CC(=O)Nc1cc2cccc(N3CC(C)N(Cc4ccccc4)C(C)C3)c2oc1=O. The Morgan fingerprint density at radius 3 is 2.43 bits per heavy atom. The molecule has 0 radical (unpaired) electrons. The second-order valence-corrected chi connectivity index (χ2v) is 8.09. The molecule has 2 heterocycles. The van der Waals surface area contributed by atoms with Gasteiger partial charge in [-0.25, -0.2) is 4.79 Å². The van der Waals surface area contributed by atoms with Crippen LogP contribution in [0.2, 0.25) is 0 Å². The monoisotopic (exact) mass is 405 g/mol. The summed E-state index contributed by atoms with van der Waals surface area (Å²) in [4.78, 5) is 28.5. The Balaban J connectivity index is 1.61. The number of carbonyl (C=O) groups excluding carboxylic acids is 1. The molecule has 4 rings (SSSR count). The van der Waals surface area contributed by atoms with Gasteiger partial charge in [0.2, 0.25) is 5.91 Å². The zero-order valence-corrected chi connectivity index (χ0v) is 17.6. The van der Waals surface area contributed by atoms with Gasteiger partial charge in [-0.2, -0.15) is 0 Å². The Hall–Kier alpha value is -3.12. The van der Waals surface area contributed by atoms with E-state index in [2.05, 4.69) is 53.2 Å². The lowest BCUT2D eigenvalue weighted by Gasteiger charge is -2.45. The maximum atomic E-state index is 12.4. The molecule has 1 aliphatic rings. The molecule has 1 saturated heterocycles. The van der Waals surface area contributed by atoms with Crippen LogP contribution < -0.4 is 15.8 Å². The minimum absolute atomic E-state index is 0.168. The lowest BCUT2D eigenvalue weighted by atomic mass is 10.0. The molecule has 6 nitrogen and oxygen atoms in total. The van der Waals surface area contributed by atoms with Crippen LogP contribution in [0.5, 0.6) is 0 Å². The van der Waals surface area contributed by atoms with Gasteiger partial charge in [-0.3, -0.25) is 9.69 Å². The predicted molar refractivity (Wildman–Crippen MR) is 120 cm³/mol. The van der Waals surface area contributed by atoms with E-state index in [4.69, 9.17) is 4.42 Å². The van der Waals surface area contributed by atoms with E-state index >= 15 is 0 Å². The third kappa shape index (κ3) is 4.09. The summed E-state index contributed by atoms with van der Waals surface area (Å²) < 4.78 is 5.65. The van der Waals surface area contributed by atoms with Gasteiger partial charge in [-0.1, -0.05) is 42.5 Å². The first-order valence-corrected chi connectivity index (χ1v) is 10.3. The molecule has 0 saturated carbocycles. The van der Waals surface area contributed by atoms with Crippen LogP contribution in [0.15, 0.2) is 63.8 Å². The molecule has 0 aliphatic carbocycles. The van der Waals surface area contributed by atoms with Crippen molar-refractivity contribution in [2.75, 3.05) is 23.3 Å². The Morgan fingerprint density at radius 1 is 1.07 bits per heavy atom. The normalized spacial score (nSPS) is 19.8. The maximum Gasteiger partial charge on any atom is 0.360 e. The molecule has 2 unspecified atom stereocenters. The van der Waals surface area contributed by atoms with Crippen molar-refractivity contribution >= 4 is 28.3 Å². The van der Waals surface area contributed by atoms with Gasteiger partial charge in [-0.05, 0) is 31.5 Å². The molecule has 3 aromatic rings. The van der Waals surface area contributed by atoms with E-state index in [9.17, 15) is 9.59 Å². The molecular weight excluding hydrogens is 378 g/mol. The van der Waals surface area contributed by atoms with Gasteiger partial charge in [-0.15, -0.1) is 0 Å². The highest BCUT2D eigenvalue weighted by Gasteiger charge is 2.30. The number of amides is 1. The second-order valence-electron chi connectivity index (χ2n) is 8.09. The number of rotatable bonds is 4. The Labute approximate surface area is 176 Å². The molecule has 2 aromatic carbocycles. The first kappa shape index (κ1) is 20.2. The molecule has 1 amide bonds. The first-order chi connectivity index (χ1) is 14.4. The molecule has 156 valence electrons. The molecule has 0 bridgehead atoms. The standard InChI is InChI=1S/C24H27N3O3/c1-16-13-26(14-17(2)27(16)15-19-8-5-4-6-9-19)22-11-7-10-20-12-21(25-18(3)28)24(29)30-23(20)22/h4-12,16-17H,13-15H2,1-3H3,(H,25,28). The van der Waals surface area contributed by atoms with Crippen molar-refractivity contribution in [3.63, 3.8) is 0 Å². The van der Waals surface area contributed by atoms with Crippen LogP contribution in [0, 0.1) is 0 Å². The fourth-order valence-corrected chi connectivity index (χ4v) is 4.31. The number of carbonyl (C=O) groups is 1. The van der Waals surface area contributed by atoms with E-state index < -0.39 is 5.63 Å². The average Bonchev–Trinajstić information content (AvgIpc) is 2.71. The van der Waals surface area contributed by atoms with Crippen LogP contribution in [-0.2, 0) is 11.3 Å². The smallest absolute Gasteiger partial charge is 0.360 e. The molecule has 2 atom stereocenters. The fourth-order valence-electron chi connectivity index (χ4n) is 4.31. The molecule has 30 heavy (non-hydrogen) atoms. The van der Waals surface area contributed by atoms with Crippen LogP contribution in [0.25, 0.3) is 11.0 Å². The Bertz CT molecular complexity index is 1100. The summed E-state index contributed by atoms with van der Waals surface area (Å²) in [7, 11) is 0. The van der Waals surface area contributed by atoms with Gasteiger partial charge in [0.15, 0.2) is 5.58 Å². The van der Waals surface area contributed by atoms with Gasteiger partial charge >= 0.3 is 5.63 Å². The van der Waals surface area contributed by atoms with Crippen molar-refractivity contribution < 1.29 is 9.21 Å². The van der Waals surface area contributed by atoms with E-state index in [1.165, 1.54) is 12.5 Å². The van der Waals surface area contributed by atoms with Crippen LogP contribution in [0.4, 0.5) is 11.4 Å². The number of hydrogen-bond acceptors (Lipinski definition) is 5. The minimum atomic E-state index is -0.533. The van der Waals surface area contributed by atoms with Crippen LogP contribution in [0.3, 0.4) is 0 Å². The zero-order valence-electron chi connectivity index (χ0n) is 17.6. The summed E-state index contributed by atoms with van der Waals surface area (Å²) in [6.45, 7) is 8.45. The highest BCUT2D eigenvalue weighted by atomic mass is 16.4. The quantitative estimate of drug-likeness (QED) is 0.668. The predicted octanol–water partition coefficient (Wildman–Crippen LogP) is 3.85. The molecular formula is C24H27N3O3. The third-order valence-electron chi connectivity index (χ3n) is 5.70. The third-order valence-corrected chi connectivity index (χ3v) is 5.70. The number of benzene rings is 2. The Morgan fingerprint density at radius 2 is 1.77 bits per heavy atom. The van der Waals surface area contributed by atoms with E-state index in [1.54, 1.807) is 6.07 Å². The van der Waals surface area contributed by atoms with Crippen molar-refractivity contribution in [2.45, 2.75) is 39.4 Å². The summed E-state index contributed by atoms with van der Waals surface area (Å²) in [5.74, 6) is -0.296. The van der Waals surface area contributed by atoms with E-state index in [0.29, 0.717) is 17.7 Å². The number of anilines is 2. The molecule has 6 heteroatoms. The maximum absolute atomic E-state index is 12.4. The summed E-state index contributed by atoms with van der Waals surface area (Å²) in [5, 5.41) is 3.34. The lowest BCUT2D eigenvalue weighted by Crippen LogP contribution is -2.56. The summed E-state index contributed by atoms with van der Waals surface area (Å²) in [6, 6.07) is 18.7. The number of nitrogens with one attached hydrogen (secondary N) is 1. The van der Waals surface area contributed by atoms with Crippen molar-refractivity contribution in [1.29, 1.82) is 0 Å². The van der Waals surface area contributed by atoms with Gasteiger partial charge in [0.05, 0.1) is 5.69 Å². The van der Waals surface area contributed by atoms with Crippen molar-refractivity contribution in [2.24, 2.45) is 0 Å². The summed E-state index contributed by atoms with van der Waals surface area (Å²) >= 11 is 0. The molecule has 1 fully saturated rings. The van der Waals surface area contributed by atoms with E-state index in [0.717, 1.165) is 30.7 Å². The molecule has 1 N–H and O–H groups in total. The Kier molecular flexibility index (Phi) is 5.59. The lowest BCUT2D eigenvalue weighted by molar-refractivity contribution is -0.114. The molecule has 0 spiro atoms. The topological polar surface area (TPSA) is 65.8 Å². The summed E-state index contributed by atoms with van der Waals surface area (Å²) in [5.41, 5.74) is 2.42. The molecule has 1 aromatic heterocycles. The van der Waals surface area contributed by atoms with Crippen LogP contribution >= 0.6 is 0 Å². The van der Waals surface area contributed by atoms with Crippen LogP contribution in [-0.4, -0.2) is 36.0 Å². The van der Waals surface area contributed by atoms with Crippen molar-refractivity contribution in [3.05, 3.63) is 70.6 Å². The number of hydrogen-bond donors (Lipinski definition) is 1. The van der Waals surface area contributed by atoms with Crippen molar-refractivity contribution in [3.8, 4) is 0 Å². The second kappa shape index (κ2) is 8.32. The van der Waals surface area contributed by atoms with Gasteiger partial charge in [0.25, 0.3) is 0 Å². The van der Waals surface area contributed by atoms with Gasteiger partial charge in [0, 0.05) is 44.0 Å². The first-order valence-electron chi connectivity index (χ1n) is 10.3. The number of fused-ring (bicyclic) bond motifs is 1. The van der Waals surface area contributed by atoms with Gasteiger partial charge in [0.1, 0.15) is 5.69 Å². The number of para-hydroxylation sites is 1. The fraction of sp³-hybridized carbons (Fsp3) is 0.333. The van der Waals surface area contributed by atoms with Crippen molar-refractivity contribution in [1.82, 2.24) is 4.90 Å². The number of nitrogens with zero attached hydrogens (tertiary/aromatic N) is 2. The summed E-state index contributed by atoms with van der Waals surface area (Å²) in [6.07, 6.45) is 0. The highest BCUT2D eigenvalue weighted by molar-refractivity contribution is 5.94. The molecule has 1 aliphatic heterocycles. The van der Waals surface area contributed by atoms with Gasteiger partial charge < -0.3 is 14.6 Å². The largest absolute Gasteiger partial charge is 0.419 e. The van der Waals surface area contributed by atoms with E-state index in [1.807, 2.05) is 24.3 Å². The minimum Gasteiger partial charge on any atom is -0.419 e. The zero-order chi connectivity index (χ0) is 21.3. The van der Waals surface area contributed by atoms with E-state index in [-0.39, 0.29) is 11.6 Å². The average molecular weight is 405 g/mol. The number of piperazine rings is 1.